The smallest absolute Gasteiger partial charge is 0.325 e. The average molecular weight is 213 g/mol. The molecule has 0 atom stereocenters. The number of esters is 1. The van der Waals surface area contributed by atoms with E-state index in [1.54, 1.807) is 6.07 Å². The van der Waals surface area contributed by atoms with Gasteiger partial charge in [-0.3, -0.25) is 4.79 Å². The zero-order valence-electron chi connectivity index (χ0n) is 7.98. The van der Waals surface area contributed by atoms with Crippen LogP contribution in [0.2, 0.25) is 0 Å². The first-order chi connectivity index (χ1) is 6.76. The van der Waals surface area contributed by atoms with Crippen LogP contribution in [0.25, 0.3) is 0 Å². The molecule has 1 rings (SSSR count). The fourth-order valence-electron chi connectivity index (χ4n) is 0.783. The van der Waals surface area contributed by atoms with Crippen molar-refractivity contribution in [2.75, 3.05) is 25.2 Å². The Labute approximate surface area is 86.3 Å². The summed E-state index contributed by atoms with van der Waals surface area (Å²) in [5.74, 6) is 0.295. The molecule has 6 heteroatoms. The molecule has 0 unspecified atom stereocenters. The van der Waals surface area contributed by atoms with Crippen molar-refractivity contribution >= 4 is 23.5 Å². The standard InChI is InChI=1S/C8H11N3O2S/c1-13-8(12)4-9-6-3-7(14-2)11-5-10-6/h3,5H,4H2,1-2H3,(H,9,10,11). The van der Waals surface area contributed by atoms with E-state index in [-0.39, 0.29) is 12.5 Å². The molecule has 1 N–H and O–H groups in total. The first-order valence-electron chi connectivity index (χ1n) is 3.93. The quantitative estimate of drug-likeness (QED) is 0.453. The lowest BCUT2D eigenvalue weighted by Gasteiger charge is -2.03. The molecule has 1 aromatic heterocycles. The summed E-state index contributed by atoms with van der Waals surface area (Å²) in [5, 5.41) is 3.69. The van der Waals surface area contributed by atoms with Gasteiger partial charge < -0.3 is 10.1 Å². The molecule has 0 saturated carbocycles. The Kier molecular flexibility index (Phi) is 4.18. The van der Waals surface area contributed by atoms with Crippen molar-refractivity contribution in [3.63, 3.8) is 0 Å². The van der Waals surface area contributed by atoms with Gasteiger partial charge in [0.15, 0.2) is 0 Å². The van der Waals surface area contributed by atoms with Crippen molar-refractivity contribution in [1.82, 2.24) is 9.97 Å². The second kappa shape index (κ2) is 5.43. The molecule has 5 nitrogen and oxygen atoms in total. The minimum atomic E-state index is -0.325. The highest BCUT2D eigenvalue weighted by Crippen LogP contribution is 2.13. The summed E-state index contributed by atoms with van der Waals surface area (Å²) in [4.78, 5) is 18.8. The number of nitrogens with one attached hydrogen (secondary N) is 1. The molecule has 76 valence electrons. The molecule has 1 aromatic rings. The highest BCUT2D eigenvalue weighted by atomic mass is 32.2. The van der Waals surface area contributed by atoms with Crippen LogP contribution in [-0.2, 0) is 9.53 Å². The highest BCUT2D eigenvalue weighted by molar-refractivity contribution is 7.98. The Morgan fingerprint density at radius 2 is 2.43 bits per heavy atom. The maximum Gasteiger partial charge on any atom is 0.325 e. The van der Waals surface area contributed by atoms with Crippen molar-refractivity contribution in [2.45, 2.75) is 5.03 Å². The van der Waals surface area contributed by atoms with E-state index < -0.39 is 0 Å². The van der Waals surface area contributed by atoms with Gasteiger partial charge in [-0.25, -0.2) is 9.97 Å². The van der Waals surface area contributed by atoms with Crippen LogP contribution < -0.4 is 5.32 Å². The van der Waals surface area contributed by atoms with Crippen LogP contribution in [0.3, 0.4) is 0 Å². The zero-order valence-corrected chi connectivity index (χ0v) is 8.80. The van der Waals surface area contributed by atoms with Gasteiger partial charge in [0.1, 0.15) is 23.7 Å². The number of methoxy groups -OCH3 is 1. The first-order valence-corrected chi connectivity index (χ1v) is 5.15. The molecule has 0 aliphatic rings. The molecule has 0 radical (unpaired) electrons. The van der Waals surface area contributed by atoms with Crippen LogP contribution in [0, 0.1) is 0 Å². The number of ether oxygens (including phenoxy) is 1. The number of carbonyl (C=O) groups is 1. The Bertz CT molecular complexity index is 319. The van der Waals surface area contributed by atoms with Crippen molar-refractivity contribution in [3.8, 4) is 0 Å². The predicted molar refractivity (Wildman–Crippen MR) is 54.3 cm³/mol. The van der Waals surface area contributed by atoms with Gasteiger partial charge >= 0.3 is 5.97 Å². The maximum atomic E-state index is 10.8. The third kappa shape index (κ3) is 3.21. The third-order valence-electron chi connectivity index (χ3n) is 1.49. The predicted octanol–water partition coefficient (Wildman–Crippen LogP) is 0.783. The summed E-state index contributed by atoms with van der Waals surface area (Å²) in [6.07, 6.45) is 3.37. The Balaban J connectivity index is 2.54. The van der Waals surface area contributed by atoms with Crippen LogP contribution in [0.1, 0.15) is 0 Å². The normalized spacial score (nSPS) is 9.57. The summed E-state index contributed by atoms with van der Waals surface area (Å²) >= 11 is 1.52. The largest absolute Gasteiger partial charge is 0.468 e. The fraction of sp³-hybridized carbons (Fsp3) is 0.375. The van der Waals surface area contributed by atoms with Crippen LogP contribution in [0.15, 0.2) is 17.4 Å². The van der Waals surface area contributed by atoms with Crippen molar-refractivity contribution in [3.05, 3.63) is 12.4 Å². The van der Waals surface area contributed by atoms with Crippen LogP contribution in [0.5, 0.6) is 0 Å². The number of rotatable bonds is 4. The Morgan fingerprint density at radius 1 is 1.64 bits per heavy atom. The van der Waals surface area contributed by atoms with E-state index in [1.165, 1.54) is 25.2 Å². The molecule has 0 spiro atoms. The minimum Gasteiger partial charge on any atom is -0.468 e. The van der Waals surface area contributed by atoms with Gasteiger partial charge in [-0.2, -0.15) is 0 Å². The lowest BCUT2D eigenvalue weighted by atomic mass is 10.5. The van der Waals surface area contributed by atoms with E-state index in [2.05, 4.69) is 20.0 Å². The molecule has 0 aliphatic carbocycles. The van der Waals surface area contributed by atoms with Crippen LogP contribution >= 0.6 is 11.8 Å². The van der Waals surface area contributed by atoms with E-state index >= 15 is 0 Å². The number of nitrogens with zero attached hydrogens (tertiary/aromatic N) is 2. The second-order valence-electron chi connectivity index (χ2n) is 2.38. The minimum absolute atomic E-state index is 0.112. The monoisotopic (exact) mass is 213 g/mol. The number of hydrogen-bond acceptors (Lipinski definition) is 6. The Morgan fingerprint density at radius 3 is 3.07 bits per heavy atom. The van der Waals surface area contributed by atoms with E-state index in [0.29, 0.717) is 5.82 Å². The van der Waals surface area contributed by atoms with E-state index in [4.69, 9.17) is 0 Å². The van der Waals surface area contributed by atoms with E-state index in [0.717, 1.165) is 5.03 Å². The van der Waals surface area contributed by atoms with Gasteiger partial charge in [0.05, 0.1) is 7.11 Å². The number of thioether (sulfide) groups is 1. The zero-order chi connectivity index (χ0) is 10.4. The number of carbonyl (C=O) groups excluding carboxylic acids is 1. The molecule has 0 amide bonds. The number of aromatic nitrogens is 2. The van der Waals surface area contributed by atoms with Crippen molar-refractivity contribution in [1.29, 1.82) is 0 Å². The molecular weight excluding hydrogens is 202 g/mol. The van der Waals surface area contributed by atoms with Crippen LogP contribution in [0.4, 0.5) is 5.82 Å². The molecule has 0 fully saturated rings. The topological polar surface area (TPSA) is 64.1 Å². The summed E-state index contributed by atoms with van der Waals surface area (Å²) in [6.45, 7) is 0.112. The van der Waals surface area contributed by atoms with Gasteiger partial charge in [0.2, 0.25) is 0 Å². The lowest BCUT2D eigenvalue weighted by Crippen LogP contribution is -2.15. The molecule has 0 aromatic carbocycles. The highest BCUT2D eigenvalue weighted by Gasteiger charge is 2.01. The van der Waals surface area contributed by atoms with Crippen LogP contribution in [-0.4, -0.2) is 35.8 Å². The molecular formula is C8H11N3O2S. The van der Waals surface area contributed by atoms with E-state index in [9.17, 15) is 4.79 Å². The molecule has 14 heavy (non-hydrogen) atoms. The van der Waals surface area contributed by atoms with Gasteiger partial charge in [-0.15, -0.1) is 11.8 Å². The SMILES string of the molecule is COC(=O)CNc1cc(SC)ncn1. The van der Waals surface area contributed by atoms with Gasteiger partial charge in [-0.05, 0) is 6.26 Å². The number of anilines is 1. The van der Waals surface area contributed by atoms with Gasteiger partial charge in [0, 0.05) is 6.07 Å². The number of hydrogen-bond donors (Lipinski definition) is 1. The average Bonchev–Trinajstić information content (AvgIpc) is 2.26. The summed E-state index contributed by atoms with van der Waals surface area (Å²) in [7, 11) is 1.34. The summed E-state index contributed by atoms with van der Waals surface area (Å²) < 4.78 is 4.48. The summed E-state index contributed by atoms with van der Waals surface area (Å²) in [6, 6.07) is 1.77. The maximum absolute atomic E-state index is 10.8. The fourth-order valence-corrected chi connectivity index (χ4v) is 1.16. The van der Waals surface area contributed by atoms with Crippen molar-refractivity contribution in [2.24, 2.45) is 0 Å². The summed E-state index contributed by atoms with van der Waals surface area (Å²) in [5.41, 5.74) is 0. The molecule has 0 aliphatic heterocycles. The molecule has 1 heterocycles. The molecule has 0 bridgehead atoms. The molecule has 0 saturated heterocycles. The van der Waals surface area contributed by atoms with Gasteiger partial charge in [-0.1, -0.05) is 0 Å². The van der Waals surface area contributed by atoms with E-state index in [1.807, 2.05) is 6.26 Å². The van der Waals surface area contributed by atoms with Crippen molar-refractivity contribution < 1.29 is 9.53 Å². The Hall–Kier alpha value is -1.30. The first kappa shape index (κ1) is 10.8. The van der Waals surface area contributed by atoms with Gasteiger partial charge in [0.25, 0.3) is 0 Å². The lowest BCUT2D eigenvalue weighted by molar-refractivity contribution is -0.138. The third-order valence-corrected chi connectivity index (χ3v) is 2.13. The second-order valence-corrected chi connectivity index (χ2v) is 3.20.